The Morgan fingerprint density at radius 3 is 2.57 bits per heavy atom. The number of fused-ring (bicyclic) bond motifs is 1. The van der Waals surface area contributed by atoms with Crippen LogP contribution in [0.4, 0.5) is 5.82 Å². The summed E-state index contributed by atoms with van der Waals surface area (Å²) in [6.45, 7) is 2.66. The molecule has 2 aromatic rings. The monoisotopic (exact) mass is 283 g/mol. The lowest BCUT2D eigenvalue weighted by Crippen LogP contribution is -2.11. The van der Waals surface area contributed by atoms with Gasteiger partial charge in [0.2, 0.25) is 0 Å². The van der Waals surface area contributed by atoms with Crippen LogP contribution in [-0.4, -0.2) is 23.6 Å². The van der Waals surface area contributed by atoms with E-state index >= 15 is 0 Å². The Morgan fingerprint density at radius 2 is 1.86 bits per heavy atom. The molecule has 1 heterocycles. The summed E-state index contributed by atoms with van der Waals surface area (Å²) in [6, 6.07) is 7.99. The van der Waals surface area contributed by atoms with Crippen LogP contribution < -0.4 is 10.1 Å². The minimum atomic E-state index is 0.679. The molecule has 3 rings (SSSR count). The van der Waals surface area contributed by atoms with E-state index < -0.39 is 0 Å². The third-order valence-electron chi connectivity index (χ3n) is 3.84. The molecule has 1 aromatic heterocycles. The summed E-state index contributed by atoms with van der Waals surface area (Å²) in [7, 11) is 1.93. The number of hydrogen-bond donors (Lipinski definition) is 1. The maximum atomic E-state index is 5.48. The molecule has 110 valence electrons. The van der Waals surface area contributed by atoms with Gasteiger partial charge in [-0.25, -0.2) is 9.97 Å². The largest absolute Gasteiger partial charge is 0.494 e. The van der Waals surface area contributed by atoms with Crippen molar-refractivity contribution >= 4 is 5.82 Å². The molecule has 0 radical (unpaired) electrons. The number of aryl methyl sites for hydroxylation is 1. The van der Waals surface area contributed by atoms with E-state index in [1.165, 1.54) is 24.1 Å². The SMILES string of the molecule is CCOc1ccc(-c2nc3c(c(NC)n2)CCCC3)cc1. The molecule has 1 N–H and O–H groups in total. The maximum absolute atomic E-state index is 5.48. The van der Waals surface area contributed by atoms with Gasteiger partial charge in [0.15, 0.2) is 5.82 Å². The average molecular weight is 283 g/mol. The van der Waals surface area contributed by atoms with Gasteiger partial charge in [-0.2, -0.15) is 0 Å². The van der Waals surface area contributed by atoms with E-state index in [2.05, 4.69) is 10.3 Å². The fourth-order valence-electron chi connectivity index (χ4n) is 2.80. The lowest BCUT2D eigenvalue weighted by Gasteiger charge is -2.18. The normalized spacial score (nSPS) is 13.6. The van der Waals surface area contributed by atoms with Crippen LogP contribution in [0.3, 0.4) is 0 Å². The van der Waals surface area contributed by atoms with E-state index in [4.69, 9.17) is 9.72 Å². The molecule has 0 atom stereocenters. The quantitative estimate of drug-likeness (QED) is 0.933. The van der Waals surface area contributed by atoms with Crippen molar-refractivity contribution in [2.24, 2.45) is 0 Å². The van der Waals surface area contributed by atoms with Crippen molar-refractivity contribution in [1.82, 2.24) is 9.97 Å². The molecule has 0 spiro atoms. The Hall–Kier alpha value is -2.10. The molecule has 21 heavy (non-hydrogen) atoms. The summed E-state index contributed by atoms with van der Waals surface area (Å²) < 4.78 is 5.48. The van der Waals surface area contributed by atoms with E-state index in [9.17, 15) is 0 Å². The molecule has 1 aliphatic carbocycles. The van der Waals surface area contributed by atoms with E-state index in [1.54, 1.807) is 0 Å². The van der Waals surface area contributed by atoms with E-state index in [-0.39, 0.29) is 0 Å². The van der Waals surface area contributed by atoms with E-state index in [1.807, 2.05) is 38.2 Å². The fraction of sp³-hybridized carbons (Fsp3) is 0.412. The Kier molecular flexibility index (Phi) is 4.04. The first-order valence-corrected chi connectivity index (χ1v) is 7.62. The minimum absolute atomic E-state index is 0.679. The molecular formula is C17H21N3O. The summed E-state index contributed by atoms with van der Waals surface area (Å²) in [5, 5.41) is 3.22. The van der Waals surface area contributed by atoms with Gasteiger partial charge in [-0.05, 0) is 56.9 Å². The minimum Gasteiger partial charge on any atom is -0.494 e. The smallest absolute Gasteiger partial charge is 0.161 e. The molecule has 1 aliphatic rings. The standard InChI is InChI=1S/C17H21N3O/c1-3-21-13-10-8-12(9-11-13)16-19-15-7-5-4-6-14(15)17(18-2)20-16/h8-11H,3-7H2,1-2H3,(H,18,19,20). The van der Waals surface area contributed by atoms with Crippen molar-refractivity contribution in [3.8, 4) is 17.1 Å². The fourth-order valence-corrected chi connectivity index (χ4v) is 2.80. The molecule has 0 fully saturated rings. The van der Waals surface area contributed by atoms with Crippen molar-refractivity contribution in [1.29, 1.82) is 0 Å². The zero-order valence-corrected chi connectivity index (χ0v) is 12.6. The Balaban J connectivity index is 1.98. The maximum Gasteiger partial charge on any atom is 0.161 e. The number of aromatic nitrogens is 2. The highest BCUT2D eigenvalue weighted by atomic mass is 16.5. The second kappa shape index (κ2) is 6.12. The number of nitrogens with zero attached hydrogens (tertiary/aromatic N) is 2. The van der Waals surface area contributed by atoms with Crippen LogP contribution in [0.2, 0.25) is 0 Å². The van der Waals surface area contributed by atoms with Gasteiger partial charge in [0.05, 0.1) is 6.61 Å². The lowest BCUT2D eigenvalue weighted by atomic mass is 9.96. The number of ether oxygens (including phenoxy) is 1. The van der Waals surface area contributed by atoms with Gasteiger partial charge in [0.1, 0.15) is 11.6 Å². The topological polar surface area (TPSA) is 47.0 Å². The summed E-state index contributed by atoms with van der Waals surface area (Å²) in [5.41, 5.74) is 3.52. The zero-order valence-electron chi connectivity index (χ0n) is 12.6. The Labute approximate surface area is 125 Å². The molecule has 0 unspecified atom stereocenters. The summed E-state index contributed by atoms with van der Waals surface area (Å²) in [6.07, 6.45) is 4.58. The van der Waals surface area contributed by atoms with Crippen LogP contribution in [0.25, 0.3) is 11.4 Å². The first-order valence-electron chi connectivity index (χ1n) is 7.62. The van der Waals surface area contributed by atoms with Gasteiger partial charge in [-0.3, -0.25) is 0 Å². The highest BCUT2D eigenvalue weighted by Crippen LogP contribution is 2.28. The second-order valence-corrected chi connectivity index (χ2v) is 5.24. The Morgan fingerprint density at radius 1 is 1.10 bits per heavy atom. The molecular weight excluding hydrogens is 262 g/mol. The Bertz CT molecular complexity index is 605. The van der Waals surface area contributed by atoms with Crippen LogP contribution in [0.1, 0.15) is 31.0 Å². The number of nitrogens with one attached hydrogen (secondary N) is 1. The first-order chi connectivity index (χ1) is 10.3. The van der Waals surface area contributed by atoms with Gasteiger partial charge in [-0.1, -0.05) is 0 Å². The number of hydrogen-bond acceptors (Lipinski definition) is 4. The molecule has 0 aliphatic heterocycles. The zero-order chi connectivity index (χ0) is 14.7. The average Bonchev–Trinajstić information content (AvgIpc) is 2.55. The molecule has 0 saturated heterocycles. The number of rotatable bonds is 4. The molecule has 1 aromatic carbocycles. The highest BCUT2D eigenvalue weighted by molar-refractivity contribution is 5.61. The van der Waals surface area contributed by atoms with Crippen LogP contribution in [-0.2, 0) is 12.8 Å². The summed E-state index contributed by atoms with van der Waals surface area (Å²) in [4.78, 5) is 9.46. The molecule has 0 bridgehead atoms. The molecule has 4 nitrogen and oxygen atoms in total. The summed E-state index contributed by atoms with van der Waals surface area (Å²) >= 11 is 0. The number of anilines is 1. The van der Waals surface area contributed by atoms with Crippen molar-refractivity contribution < 1.29 is 4.74 Å². The molecule has 0 amide bonds. The van der Waals surface area contributed by atoms with Gasteiger partial charge in [-0.15, -0.1) is 0 Å². The van der Waals surface area contributed by atoms with Crippen LogP contribution in [0.15, 0.2) is 24.3 Å². The summed E-state index contributed by atoms with van der Waals surface area (Å²) in [5.74, 6) is 2.65. The van der Waals surface area contributed by atoms with Crippen LogP contribution in [0, 0.1) is 0 Å². The van der Waals surface area contributed by atoms with Gasteiger partial charge in [0, 0.05) is 23.9 Å². The first kappa shape index (κ1) is 13.9. The number of benzene rings is 1. The second-order valence-electron chi connectivity index (χ2n) is 5.24. The van der Waals surface area contributed by atoms with Gasteiger partial charge >= 0.3 is 0 Å². The van der Waals surface area contributed by atoms with Crippen molar-refractivity contribution in [2.75, 3.05) is 19.0 Å². The predicted molar refractivity (Wildman–Crippen MR) is 84.8 cm³/mol. The molecule has 4 heteroatoms. The third-order valence-corrected chi connectivity index (χ3v) is 3.84. The highest BCUT2D eigenvalue weighted by Gasteiger charge is 2.17. The van der Waals surface area contributed by atoms with E-state index in [0.717, 1.165) is 35.8 Å². The lowest BCUT2D eigenvalue weighted by molar-refractivity contribution is 0.340. The van der Waals surface area contributed by atoms with Crippen molar-refractivity contribution in [2.45, 2.75) is 32.6 Å². The van der Waals surface area contributed by atoms with Crippen LogP contribution >= 0.6 is 0 Å². The predicted octanol–water partition coefficient (Wildman–Crippen LogP) is 3.46. The van der Waals surface area contributed by atoms with E-state index in [0.29, 0.717) is 6.61 Å². The van der Waals surface area contributed by atoms with Crippen molar-refractivity contribution in [3.63, 3.8) is 0 Å². The van der Waals surface area contributed by atoms with Crippen LogP contribution in [0.5, 0.6) is 5.75 Å². The third kappa shape index (κ3) is 2.84. The van der Waals surface area contributed by atoms with Crippen molar-refractivity contribution in [3.05, 3.63) is 35.5 Å². The van der Waals surface area contributed by atoms with Gasteiger partial charge < -0.3 is 10.1 Å². The van der Waals surface area contributed by atoms with Gasteiger partial charge in [0.25, 0.3) is 0 Å². The molecule has 0 saturated carbocycles.